The van der Waals surface area contributed by atoms with E-state index in [1.807, 2.05) is 24.3 Å². The van der Waals surface area contributed by atoms with E-state index in [1.54, 1.807) is 0 Å². The second-order valence-electron chi connectivity index (χ2n) is 6.43. The van der Waals surface area contributed by atoms with Crippen LogP contribution in [-0.2, 0) is 13.0 Å². The molecule has 3 heterocycles. The van der Waals surface area contributed by atoms with Gasteiger partial charge in [0.1, 0.15) is 11.0 Å². The first-order chi connectivity index (χ1) is 13.1. The lowest BCUT2D eigenvalue weighted by atomic mass is 10.2. The van der Waals surface area contributed by atoms with Gasteiger partial charge in [-0.05, 0) is 43.2 Å². The van der Waals surface area contributed by atoms with Crippen molar-refractivity contribution in [2.75, 3.05) is 5.32 Å². The Morgan fingerprint density at radius 2 is 1.89 bits per heavy atom. The smallest absolute Gasteiger partial charge is 0.257 e. The van der Waals surface area contributed by atoms with Crippen molar-refractivity contribution in [1.29, 1.82) is 0 Å². The normalized spacial score (nSPS) is 13.7. The predicted octanol–water partition coefficient (Wildman–Crippen LogP) is 4.63. The Morgan fingerprint density at radius 3 is 2.67 bits per heavy atom. The molecular weight excluding hydrogens is 385 g/mol. The maximum absolute atomic E-state index is 12.3. The Labute approximate surface area is 166 Å². The Hall–Kier alpha value is -2.44. The Kier molecular flexibility index (Phi) is 5.09. The van der Waals surface area contributed by atoms with E-state index in [4.69, 9.17) is 23.2 Å². The minimum absolute atomic E-state index is 0.171. The molecule has 0 aliphatic carbocycles. The monoisotopic (exact) mass is 401 g/mol. The number of aryl methyl sites for hydroxylation is 1. The molecule has 0 saturated carbocycles. The number of nitrogens with zero attached hydrogens (tertiary/aromatic N) is 4. The number of halogens is 2. The third-order valence-corrected chi connectivity index (χ3v) is 5.25. The maximum atomic E-state index is 12.3. The van der Waals surface area contributed by atoms with Crippen LogP contribution in [0.25, 0.3) is 11.4 Å². The highest BCUT2D eigenvalue weighted by Crippen LogP contribution is 2.25. The third kappa shape index (κ3) is 3.82. The van der Waals surface area contributed by atoms with E-state index < -0.39 is 0 Å². The van der Waals surface area contributed by atoms with Crippen LogP contribution in [0, 0.1) is 0 Å². The van der Waals surface area contributed by atoms with Crippen molar-refractivity contribution in [1.82, 2.24) is 19.7 Å². The molecule has 3 aromatic rings. The van der Waals surface area contributed by atoms with Gasteiger partial charge >= 0.3 is 0 Å². The van der Waals surface area contributed by atoms with Crippen molar-refractivity contribution in [2.24, 2.45) is 0 Å². The first-order valence-corrected chi connectivity index (χ1v) is 9.52. The van der Waals surface area contributed by atoms with E-state index in [0.29, 0.717) is 11.3 Å². The summed E-state index contributed by atoms with van der Waals surface area (Å²) in [5, 5.41) is 11.9. The molecule has 0 unspecified atom stereocenters. The Bertz CT molecular complexity index is 984. The molecule has 6 nitrogen and oxygen atoms in total. The van der Waals surface area contributed by atoms with E-state index in [2.05, 4.69) is 25.1 Å². The molecule has 4 rings (SSSR count). The van der Waals surface area contributed by atoms with Crippen LogP contribution in [0.1, 0.15) is 35.4 Å². The van der Waals surface area contributed by atoms with Crippen molar-refractivity contribution < 1.29 is 4.79 Å². The van der Waals surface area contributed by atoms with Gasteiger partial charge in [0.15, 0.2) is 5.82 Å². The summed E-state index contributed by atoms with van der Waals surface area (Å²) in [6, 6.07) is 9.05. The lowest BCUT2D eigenvalue weighted by Gasteiger charge is -2.09. The summed E-state index contributed by atoms with van der Waals surface area (Å²) in [7, 11) is 0. The molecule has 138 valence electrons. The lowest BCUT2D eigenvalue weighted by Crippen LogP contribution is -2.12. The third-order valence-electron chi connectivity index (χ3n) is 4.57. The molecule has 0 bridgehead atoms. The molecule has 0 radical (unpaired) electrons. The van der Waals surface area contributed by atoms with Crippen molar-refractivity contribution in [2.45, 2.75) is 32.2 Å². The number of aromatic nitrogens is 4. The largest absolute Gasteiger partial charge is 0.322 e. The molecule has 0 saturated heterocycles. The van der Waals surface area contributed by atoms with Crippen LogP contribution < -0.4 is 5.32 Å². The van der Waals surface area contributed by atoms with Gasteiger partial charge in [-0.1, -0.05) is 29.6 Å². The number of hydrogen-bond donors (Lipinski definition) is 1. The number of pyridine rings is 1. The van der Waals surface area contributed by atoms with Crippen LogP contribution in [0.15, 0.2) is 36.5 Å². The minimum Gasteiger partial charge on any atom is -0.322 e. The van der Waals surface area contributed by atoms with Crippen LogP contribution in [0.4, 0.5) is 5.69 Å². The Balaban J connectivity index is 1.52. The standard InChI is InChI=1S/C19H17Cl2N5O/c20-15-10-13(11-22-17(15)21)19(27)23-14-7-5-12(6-8-14)18-25-24-16-4-2-1-3-9-26(16)18/h5-8,10-11H,1-4,9H2,(H,23,27). The highest BCUT2D eigenvalue weighted by Gasteiger charge is 2.16. The lowest BCUT2D eigenvalue weighted by molar-refractivity contribution is 0.102. The zero-order chi connectivity index (χ0) is 18.8. The van der Waals surface area contributed by atoms with Gasteiger partial charge in [-0.2, -0.15) is 0 Å². The zero-order valence-electron chi connectivity index (χ0n) is 14.5. The van der Waals surface area contributed by atoms with Gasteiger partial charge in [0.25, 0.3) is 5.91 Å². The molecule has 1 amide bonds. The van der Waals surface area contributed by atoms with E-state index in [0.717, 1.165) is 43.0 Å². The summed E-state index contributed by atoms with van der Waals surface area (Å²) in [5.74, 6) is 1.62. The van der Waals surface area contributed by atoms with Gasteiger partial charge in [-0.3, -0.25) is 4.79 Å². The quantitative estimate of drug-likeness (QED) is 0.649. The fraction of sp³-hybridized carbons (Fsp3) is 0.263. The number of rotatable bonds is 3. The highest BCUT2D eigenvalue weighted by atomic mass is 35.5. The summed E-state index contributed by atoms with van der Waals surface area (Å²) < 4.78 is 2.20. The van der Waals surface area contributed by atoms with Crippen LogP contribution in [0.2, 0.25) is 10.2 Å². The van der Waals surface area contributed by atoms with Crippen LogP contribution in [-0.4, -0.2) is 25.7 Å². The van der Waals surface area contributed by atoms with Crippen molar-refractivity contribution in [3.63, 3.8) is 0 Å². The number of carbonyl (C=O) groups excluding carboxylic acids is 1. The van der Waals surface area contributed by atoms with Gasteiger partial charge in [0, 0.05) is 30.4 Å². The van der Waals surface area contributed by atoms with E-state index >= 15 is 0 Å². The summed E-state index contributed by atoms with van der Waals surface area (Å²) in [4.78, 5) is 16.2. The number of fused-ring (bicyclic) bond motifs is 1. The van der Waals surface area contributed by atoms with Gasteiger partial charge < -0.3 is 9.88 Å². The van der Waals surface area contributed by atoms with E-state index in [-0.39, 0.29) is 16.1 Å². The molecular formula is C19H17Cl2N5O. The fourth-order valence-electron chi connectivity index (χ4n) is 3.15. The van der Waals surface area contributed by atoms with E-state index in [9.17, 15) is 4.79 Å². The SMILES string of the molecule is O=C(Nc1ccc(-c2nnc3n2CCCCC3)cc1)c1cnc(Cl)c(Cl)c1. The number of benzene rings is 1. The second kappa shape index (κ2) is 7.66. The van der Waals surface area contributed by atoms with Crippen molar-refractivity contribution >= 4 is 34.8 Å². The summed E-state index contributed by atoms with van der Waals surface area (Å²) in [6.07, 6.45) is 5.89. The molecule has 0 spiro atoms. The predicted molar refractivity (Wildman–Crippen MR) is 105 cm³/mol. The second-order valence-corrected chi connectivity index (χ2v) is 7.20. The maximum Gasteiger partial charge on any atom is 0.257 e. The number of hydrogen-bond acceptors (Lipinski definition) is 4. The number of amides is 1. The molecule has 1 aliphatic rings. The summed E-state index contributed by atoms with van der Waals surface area (Å²) >= 11 is 11.7. The van der Waals surface area contributed by atoms with Crippen molar-refractivity contribution in [3.05, 3.63) is 58.1 Å². The van der Waals surface area contributed by atoms with Gasteiger partial charge in [0.2, 0.25) is 0 Å². The molecule has 27 heavy (non-hydrogen) atoms. The average molecular weight is 402 g/mol. The molecule has 0 atom stereocenters. The van der Waals surface area contributed by atoms with Gasteiger partial charge in [-0.25, -0.2) is 4.98 Å². The highest BCUT2D eigenvalue weighted by molar-refractivity contribution is 6.41. The molecule has 8 heteroatoms. The van der Waals surface area contributed by atoms with Crippen LogP contribution >= 0.6 is 23.2 Å². The summed E-state index contributed by atoms with van der Waals surface area (Å²) in [6.45, 7) is 0.945. The van der Waals surface area contributed by atoms with E-state index in [1.165, 1.54) is 18.7 Å². The average Bonchev–Trinajstić information content (AvgIpc) is 2.92. The summed E-state index contributed by atoms with van der Waals surface area (Å²) in [5.41, 5.74) is 1.99. The molecule has 1 aliphatic heterocycles. The minimum atomic E-state index is -0.301. The first-order valence-electron chi connectivity index (χ1n) is 8.77. The van der Waals surface area contributed by atoms with Crippen LogP contribution in [0.3, 0.4) is 0 Å². The number of carbonyl (C=O) groups is 1. The van der Waals surface area contributed by atoms with Gasteiger partial charge in [-0.15, -0.1) is 10.2 Å². The van der Waals surface area contributed by atoms with Gasteiger partial charge in [0.05, 0.1) is 10.6 Å². The number of nitrogens with one attached hydrogen (secondary N) is 1. The topological polar surface area (TPSA) is 72.7 Å². The first kappa shape index (κ1) is 17.9. The molecule has 1 N–H and O–H groups in total. The fourth-order valence-corrected chi connectivity index (χ4v) is 3.42. The molecule has 1 aromatic carbocycles. The molecule has 0 fully saturated rings. The number of anilines is 1. The van der Waals surface area contributed by atoms with Crippen molar-refractivity contribution in [3.8, 4) is 11.4 Å². The molecule has 2 aromatic heterocycles. The zero-order valence-corrected chi connectivity index (χ0v) is 16.0. The van der Waals surface area contributed by atoms with Crippen LogP contribution in [0.5, 0.6) is 0 Å². The Morgan fingerprint density at radius 1 is 1.07 bits per heavy atom.